The van der Waals surface area contributed by atoms with Crippen LogP contribution in [0.15, 0.2) is 60.7 Å². The first kappa shape index (κ1) is 33.8. The maximum atomic E-state index is 5.13. The van der Waals surface area contributed by atoms with Gasteiger partial charge in [0.2, 0.25) is 0 Å². The molecular formula is C40H45N9. The van der Waals surface area contributed by atoms with E-state index in [4.69, 9.17) is 44.9 Å². The Balaban J connectivity index is 1.53. The van der Waals surface area contributed by atoms with Crippen LogP contribution in [-0.4, -0.2) is 44.9 Å². The summed E-state index contributed by atoms with van der Waals surface area (Å²) in [7, 11) is 0. The van der Waals surface area contributed by atoms with Gasteiger partial charge in [0.1, 0.15) is 29.1 Å². The van der Waals surface area contributed by atoms with E-state index in [-0.39, 0.29) is 29.6 Å². The summed E-state index contributed by atoms with van der Waals surface area (Å²) in [6.45, 7) is 21.0. The van der Waals surface area contributed by atoms with Gasteiger partial charge in [-0.1, -0.05) is 112 Å². The predicted octanol–water partition coefficient (Wildman–Crippen LogP) is 9.68. The monoisotopic (exact) mass is 651 g/mol. The zero-order valence-electron chi connectivity index (χ0n) is 30.2. The Morgan fingerprint density at radius 1 is 0.347 bits per heavy atom. The lowest BCUT2D eigenvalue weighted by atomic mass is 9.99. The van der Waals surface area contributed by atoms with Gasteiger partial charge < -0.3 is 0 Å². The zero-order chi connectivity index (χ0) is 35.0. The van der Waals surface area contributed by atoms with E-state index < -0.39 is 0 Å². The van der Waals surface area contributed by atoms with Gasteiger partial charge >= 0.3 is 0 Å². The third-order valence-electron chi connectivity index (χ3n) is 8.31. The van der Waals surface area contributed by atoms with Gasteiger partial charge in [-0.05, 0) is 29.0 Å². The van der Waals surface area contributed by atoms with Crippen molar-refractivity contribution >= 4 is 10.8 Å². The molecule has 0 aliphatic heterocycles. The molecule has 0 unspecified atom stereocenters. The molecule has 6 aromatic rings. The Morgan fingerprint density at radius 2 is 0.755 bits per heavy atom. The first-order chi connectivity index (χ1) is 23.4. The molecule has 0 bridgehead atoms. The van der Waals surface area contributed by atoms with Gasteiger partial charge in [-0.15, -0.1) is 0 Å². The van der Waals surface area contributed by atoms with Crippen LogP contribution in [0.5, 0.6) is 0 Å². The van der Waals surface area contributed by atoms with Crippen LogP contribution in [0, 0.1) is 0 Å². The molecule has 250 valence electrons. The SMILES string of the molecule is CC(C)c1nc(-c2cccc(-c3nc(C(C)C)nc(C(C)C)n3)c2)nc(-c2cc(-c3nc(C(C)C)nc(C(C)C)n3)cc3ccccc23)n1. The van der Waals surface area contributed by atoms with Gasteiger partial charge in [0.05, 0.1) is 0 Å². The van der Waals surface area contributed by atoms with Crippen molar-refractivity contribution in [2.45, 2.75) is 98.8 Å². The minimum absolute atomic E-state index is 0.0783. The third-order valence-corrected chi connectivity index (χ3v) is 8.31. The Hall–Kier alpha value is -5.05. The van der Waals surface area contributed by atoms with Gasteiger partial charge in [-0.3, -0.25) is 0 Å². The second-order valence-corrected chi connectivity index (χ2v) is 14.2. The Labute approximate surface area is 289 Å². The third kappa shape index (κ3) is 7.21. The highest BCUT2D eigenvalue weighted by molar-refractivity contribution is 5.98. The van der Waals surface area contributed by atoms with Crippen LogP contribution >= 0.6 is 0 Å². The van der Waals surface area contributed by atoms with E-state index in [2.05, 4.69) is 99.6 Å². The molecule has 9 nitrogen and oxygen atoms in total. The summed E-state index contributed by atoms with van der Waals surface area (Å²) in [6.07, 6.45) is 0. The van der Waals surface area contributed by atoms with Gasteiger partial charge in [0.15, 0.2) is 23.3 Å². The van der Waals surface area contributed by atoms with Crippen molar-refractivity contribution in [2.75, 3.05) is 0 Å². The summed E-state index contributed by atoms with van der Waals surface area (Å²) < 4.78 is 0. The molecule has 3 aromatic carbocycles. The zero-order valence-corrected chi connectivity index (χ0v) is 30.2. The molecule has 0 amide bonds. The summed E-state index contributed by atoms with van der Waals surface area (Å²) in [5, 5.41) is 2.10. The van der Waals surface area contributed by atoms with Crippen LogP contribution in [-0.2, 0) is 0 Å². The van der Waals surface area contributed by atoms with Crippen molar-refractivity contribution in [3.63, 3.8) is 0 Å². The number of aromatic nitrogens is 9. The van der Waals surface area contributed by atoms with Crippen LogP contribution in [0.3, 0.4) is 0 Å². The smallest absolute Gasteiger partial charge is 0.164 e. The van der Waals surface area contributed by atoms with E-state index in [1.54, 1.807) is 0 Å². The summed E-state index contributed by atoms with van der Waals surface area (Å²) in [4.78, 5) is 44.2. The molecule has 0 aliphatic rings. The lowest BCUT2D eigenvalue weighted by Gasteiger charge is -2.15. The second-order valence-electron chi connectivity index (χ2n) is 14.2. The molecule has 49 heavy (non-hydrogen) atoms. The van der Waals surface area contributed by atoms with Crippen molar-refractivity contribution < 1.29 is 0 Å². The fourth-order valence-corrected chi connectivity index (χ4v) is 5.43. The molecule has 0 spiro atoms. The molecule has 0 N–H and O–H groups in total. The van der Waals surface area contributed by atoms with Crippen molar-refractivity contribution in [3.05, 3.63) is 89.8 Å². The minimum atomic E-state index is 0.0783. The fourth-order valence-electron chi connectivity index (χ4n) is 5.43. The lowest BCUT2D eigenvalue weighted by molar-refractivity contribution is 0.697. The van der Waals surface area contributed by atoms with Crippen molar-refractivity contribution in [2.24, 2.45) is 0 Å². The molecule has 0 radical (unpaired) electrons. The normalized spacial score (nSPS) is 12.0. The molecule has 0 saturated heterocycles. The number of hydrogen-bond acceptors (Lipinski definition) is 9. The van der Waals surface area contributed by atoms with Crippen LogP contribution < -0.4 is 0 Å². The molecule has 6 rings (SSSR count). The van der Waals surface area contributed by atoms with Gasteiger partial charge in [0, 0.05) is 51.8 Å². The van der Waals surface area contributed by atoms with Gasteiger partial charge in [0.25, 0.3) is 0 Å². The maximum Gasteiger partial charge on any atom is 0.164 e. The molecule has 0 saturated carbocycles. The Bertz CT molecular complexity index is 2080. The predicted molar refractivity (Wildman–Crippen MR) is 196 cm³/mol. The largest absolute Gasteiger partial charge is 0.217 e. The number of benzene rings is 3. The number of nitrogens with zero attached hydrogens (tertiary/aromatic N) is 9. The highest BCUT2D eigenvalue weighted by atomic mass is 15.1. The van der Waals surface area contributed by atoms with Gasteiger partial charge in [-0.25, -0.2) is 44.9 Å². The number of rotatable bonds is 9. The molecule has 0 atom stereocenters. The van der Waals surface area contributed by atoms with Crippen molar-refractivity contribution in [1.29, 1.82) is 0 Å². The highest BCUT2D eigenvalue weighted by Crippen LogP contribution is 2.34. The lowest BCUT2D eigenvalue weighted by Crippen LogP contribution is -2.08. The summed E-state index contributed by atoms with van der Waals surface area (Å²) in [6, 6.07) is 20.7. The van der Waals surface area contributed by atoms with E-state index in [1.807, 2.05) is 30.3 Å². The van der Waals surface area contributed by atoms with E-state index in [9.17, 15) is 0 Å². The summed E-state index contributed by atoms with van der Waals surface area (Å²) in [5.41, 5.74) is 3.54. The average Bonchev–Trinajstić information content (AvgIpc) is 3.10. The van der Waals surface area contributed by atoms with Gasteiger partial charge in [-0.2, -0.15) is 0 Å². The average molecular weight is 652 g/mol. The molecule has 0 fully saturated rings. The fraction of sp³-hybridized carbons (Fsp3) is 0.375. The van der Waals surface area contributed by atoms with E-state index in [0.717, 1.165) is 56.3 Å². The minimum Gasteiger partial charge on any atom is -0.217 e. The van der Waals surface area contributed by atoms with E-state index >= 15 is 0 Å². The summed E-state index contributed by atoms with van der Waals surface area (Å²) in [5.74, 6) is 7.13. The van der Waals surface area contributed by atoms with Crippen LogP contribution in [0.1, 0.15) is 128 Å². The maximum absolute atomic E-state index is 5.13. The molecular weight excluding hydrogens is 607 g/mol. The van der Waals surface area contributed by atoms with Crippen LogP contribution in [0.25, 0.3) is 56.3 Å². The van der Waals surface area contributed by atoms with Crippen molar-refractivity contribution in [1.82, 2.24) is 44.9 Å². The topological polar surface area (TPSA) is 116 Å². The molecule has 3 aromatic heterocycles. The van der Waals surface area contributed by atoms with E-state index in [1.165, 1.54) is 0 Å². The van der Waals surface area contributed by atoms with Crippen LogP contribution in [0.4, 0.5) is 0 Å². The number of fused-ring (bicyclic) bond motifs is 1. The molecule has 9 heteroatoms. The molecule has 3 heterocycles. The standard InChI is InChI=1S/C40H45N9/c1-21(2)32-41-33(22(3)4)44-37(43-32)27-15-13-16-28(19-27)38-45-36(25(9)10)48-40(49-38)31-20-29(18-26-14-11-12-17-30(26)31)39-46-34(23(5)6)42-35(47-39)24(7)8/h11-25H,1-10H3. The van der Waals surface area contributed by atoms with E-state index in [0.29, 0.717) is 29.1 Å². The molecule has 0 aliphatic carbocycles. The quantitative estimate of drug-likeness (QED) is 0.151. The Kier molecular flexibility index (Phi) is 9.54. The highest BCUT2D eigenvalue weighted by Gasteiger charge is 2.20. The first-order valence-electron chi connectivity index (χ1n) is 17.3. The first-order valence-corrected chi connectivity index (χ1v) is 17.3. The van der Waals surface area contributed by atoms with Crippen molar-refractivity contribution in [3.8, 4) is 45.6 Å². The number of hydrogen-bond donors (Lipinski definition) is 0. The Morgan fingerprint density at radius 3 is 1.24 bits per heavy atom. The van der Waals surface area contributed by atoms with Crippen LogP contribution in [0.2, 0.25) is 0 Å². The summed E-state index contributed by atoms with van der Waals surface area (Å²) >= 11 is 0. The second kappa shape index (κ2) is 13.8.